The number of ether oxygens (including phenoxy) is 2. The second kappa shape index (κ2) is 8.52. The molecule has 2 aromatic rings. The van der Waals surface area contributed by atoms with E-state index < -0.39 is 12.1 Å². The Morgan fingerprint density at radius 2 is 1.69 bits per heavy atom. The molecular weight excluding hydrogens is 330 g/mol. The molecule has 0 aliphatic heterocycles. The highest BCUT2D eigenvalue weighted by molar-refractivity contribution is 5.97. The molecule has 0 aliphatic carbocycles. The molecule has 138 valence electrons. The number of aryl methyl sites for hydroxylation is 3. The van der Waals surface area contributed by atoms with Crippen LogP contribution in [-0.4, -0.2) is 25.1 Å². The van der Waals surface area contributed by atoms with Gasteiger partial charge >= 0.3 is 5.97 Å². The quantitative estimate of drug-likeness (QED) is 0.789. The van der Waals surface area contributed by atoms with Crippen LogP contribution in [-0.2, 0) is 9.53 Å². The van der Waals surface area contributed by atoms with Crippen LogP contribution in [0.5, 0.6) is 5.75 Å². The Bertz CT molecular complexity index is 793. The average molecular weight is 355 g/mol. The molecule has 0 unspecified atom stereocenters. The Balaban J connectivity index is 2.17. The Labute approximate surface area is 154 Å². The van der Waals surface area contributed by atoms with Crippen LogP contribution in [0.4, 0.5) is 5.69 Å². The molecule has 0 radical (unpaired) electrons. The maximum Gasteiger partial charge on any atom is 0.337 e. The molecule has 26 heavy (non-hydrogen) atoms. The van der Waals surface area contributed by atoms with Crippen molar-refractivity contribution < 1.29 is 19.1 Å². The van der Waals surface area contributed by atoms with Crippen molar-refractivity contribution in [3.63, 3.8) is 0 Å². The molecule has 0 heterocycles. The molecule has 0 saturated carbocycles. The minimum atomic E-state index is -0.627. The van der Waals surface area contributed by atoms with Gasteiger partial charge < -0.3 is 14.8 Å². The van der Waals surface area contributed by atoms with Gasteiger partial charge in [-0.3, -0.25) is 4.79 Å². The number of nitrogens with one attached hydrogen (secondary N) is 1. The standard InChI is InChI=1S/C21H25NO4/c1-6-19(26-17-10-13(2)9-14(3)11-17)20(23)22-18-12-16(21(24)25-5)8-7-15(18)4/h7-12,19H,6H2,1-5H3,(H,22,23)/t19-/m0/s1. The minimum absolute atomic E-state index is 0.253. The summed E-state index contributed by atoms with van der Waals surface area (Å²) < 4.78 is 10.6. The molecule has 5 heteroatoms. The zero-order valence-electron chi connectivity index (χ0n) is 15.9. The predicted molar refractivity (Wildman–Crippen MR) is 102 cm³/mol. The van der Waals surface area contributed by atoms with Crippen LogP contribution in [0.15, 0.2) is 36.4 Å². The smallest absolute Gasteiger partial charge is 0.337 e. The summed E-state index contributed by atoms with van der Waals surface area (Å²) in [6, 6.07) is 10.9. The van der Waals surface area contributed by atoms with E-state index in [-0.39, 0.29) is 5.91 Å². The van der Waals surface area contributed by atoms with Crippen LogP contribution in [0, 0.1) is 20.8 Å². The van der Waals surface area contributed by atoms with Gasteiger partial charge in [0.25, 0.3) is 5.91 Å². The summed E-state index contributed by atoms with van der Waals surface area (Å²) in [5.74, 6) is -0.0275. The number of benzene rings is 2. The third-order valence-electron chi connectivity index (χ3n) is 4.05. The fourth-order valence-electron chi connectivity index (χ4n) is 2.70. The van der Waals surface area contributed by atoms with E-state index in [1.807, 2.05) is 39.8 Å². The first-order chi connectivity index (χ1) is 12.3. The summed E-state index contributed by atoms with van der Waals surface area (Å²) in [4.78, 5) is 24.4. The summed E-state index contributed by atoms with van der Waals surface area (Å²) in [5, 5.41) is 2.86. The first kappa shape index (κ1) is 19.5. The van der Waals surface area contributed by atoms with E-state index in [1.54, 1.807) is 18.2 Å². The van der Waals surface area contributed by atoms with Crippen molar-refractivity contribution in [2.45, 2.75) is 40.2 Å². The third-order valence-corrected chi connectivity index (χ3v) is 4.05. The third kappa shape index (κ3) is 4.85. The monoisotopic (exact) mass is 355 g/mol. The highest BCUT2D eigenvalue weighted by atomic mass is 16.5. The lowest BCUT2D eigenvalue weighted by molar-refractivity contribution is -0.122. The first-order valence-electron chi connectivity index (χ1n) is 8.58. The molecule has 0 spiro atoms. The molecule has 1 atom stereocenters. The molecule has 0 aromatic heterocycles. The topological polar surface area (TPSA) is 64.6 Å². The number of rotatable bonds is 6. The summed E-state index contributed by atoms with van der Waals surface area (Å²) in [6.07, 6.45) is -0.105. The molecule has 0 fully saturated rings. The number of anilines is 1. The molecule has 1 amide bonds. The van der Waals surface area contributed by atoms with E-state index in [0.717, 1.165) is 16.7 Å². The number of hydrogen-bond donors (Lipinski definition) is 1. The van der Waals surface area contributed by atoms with Gasteiger partial charge in [0.2, 0.25) is 0 Å². The fraction of sp³-hybridized carbons (Fsp3) is 0.333. The Hall–Kier alpha value is -2.82. The molecule has 0 bridgehead atoms. The zero-order chi connectivity index (χ0) is 19.3. The van der Waals surface area contributed by atoms with E-state index in [0.29, 0.717) is 23.4 Å². The highest BCUT2D eigenvalue weighted by Gasteiger charge is 2.20. The number of carbonyl (C=O) groups is 2. The van der Waals surface area contributed by atoms with E-state index in [9.17, 15) is 9.59 Å². The Morgan fingerprint density at radius 3 is 2.27 bits per heavy atom. The van der Waals surface area contributed by atoms with Crippen LogP contribution < -0.4 is 10.1 Å². The van der Waals surface area contributed by atoms with E-state index in [4.69, 9.17) is 9.47 Å². The van der Waals surface area contributed by atoms with Crippen molar-refractivity contribution >= 4 is 17.6 Å². The second-order valence-corrected chi connectivity index (χ2v) is 6.35. The molecule has 0 saturated heterocycles. The van der Waals surface area contributed by atoms with Gasteiger partial charge in [0.1, 0.15) is 5.75 Å². The molecule has 2 rings (SSSR count). The molecule has 2 aromatic carbocycles. The van der Waals surface area contributed by atoms with E-state index in [2.05, 4.69) is 11.4 Å². The van der Waals surface area contributed by atoms with Crippen molar-refractivity contribution in [1.82, 2.24) is 0 Å². The Morgan fingerprint density at radius 1 is 1.04 bits per heavy atom. The van der Waals surface area contributed by atoms with Gasteiger partial charge in [-0.2, -0.15) is 0 Å². The largest absolute Gasteiger partial charge is 0.481 e. The summed E-state index contributed by atoms with van der Waals surface area (Å²) >= 11 is 0. The lowest BCUT2D eigenvalue weighted by atomic mass is 10.1. The lowest BCUT2D eigenvalue weighted by Crippen LogP contribution is -2.32. The van der Waals surface area contributed by atoms with E-state index in [1.165, 1.54) is 7.11 Å². The average Bonchev–Trinajstić information content (AvgIpc) is 2.59. The molecular formula is C21H25NO4. The molecule has 1 N–H and O–H groups in total. The predicted octanol–water partition coefficient (Wildman–Crippen LogP) is 4.19. The van der Waals surface area contributed by atoms with Gasteiger partial charge in [-0.05, 0) is 68.1 Å². The number of methoxy groups -OCH3 is 1. The van der Waals surface area contributed by atoms with Crippen molar-refractivity contribution in [1.29, 1.82) is 0 Å². The molecule has 5 nitrogen and oxygen atoms in total. The number of amides is 1. The van der Waals surface area contributed by atoms with Gasteiger partial charge in [0, 0.05) is 5.69 Å². The van der Waals surface area contributed by atoms with Crippen LogP contribution in [0.25, 0.3) is 0 Å². The van der Waals surface area contributed by atoms with Crippen LogP contribution in [0.3, 0.4) is 0 Å². The maximum atomic E-state index is 12.7. The van der Waals surface area contributed by atoms with Crippen LogP contribution >= 0.6 is 0 Å². The summed E-state index contributed by atoms with van der Waals surface area (Å²) in [6.45, 7) is 7.73. The zero-order valence-corrected chi connectivity index (χ0v) is 15.9. The number of hydrogen-bond acceptors (Lipinski definition) is 4. The summed E-state index contributed by atoms with van der Waals surface area (Å²) in [5.41, 5.74) is 3.97. The van der Waals surface area contributed by atoms with Crippen molar-refractivity contribution in [2.75, 3.05) is 12.4 Å². The van der Waals surface area contributed by atoms with E-state index >= 15 is 0 Å². The minimum Gasteiger partial charge on any atom is -0.481 e. The molecule has 0 aliphatic rings. The second-order valence-electron chi connectivity index (χ2n) is 6.35. The van der Waals surface area contributed by atoms with Gasteiger partial charge in [-0.1, -0.05) is 19.1 Å². The normalized spacial score (nSPS) is 11.6. The summed E-state index contributed by atoms with van der Waals surface area (Å²) in [7, 11) is 1.32. The van der Waals surface area contributed by atoms with Crippen LogP contribution in [0.1, 0.15) is 40.4 Å². The van der Waals surface area contributed by atoms with Crippen molar-refractivity contribution in [2.24, 2.45) is 0 Å². The highest BCUT2D eigenvalue weighted by Crippen LogP contribution is 2.21. The number of esters is 1. The van der Waals surface area contributed by atoms with Gasteiger partial charge in [-0.25, -0.2) is 4.79 Å². The maximum absolute atomic E-state index is 12.7. The number of carbonyl (C=O) groups excluding carboxylic acids is 2. The van der Waals surface area contributed by atoms with Crippen LogP contribution in [0.2, 0.25) is 0 Å². The first-order valence-corrected chi connectivity index (χ1v) is 8.58. The van der Waals surface area contributed by atoms with Gasteiger partial charge in [-0.15, -0.1) is 0 Å². The van der Waals surface area contributed by atoms with Gasteiger partial charge in [0.05, 0.1) is 12.7 Å². The van der Waals surface area contributed by atoms with Crippen molar-refractivity contribution in [3.8, 4) is 5.75 Å². The van der Waals surface area contributed by atoms with Gasteiger partial charge in [0.15, 0.2) is 6.10 Å². The Kier molecular flexibility index (Phi) is 6.39. The van der Waals surface area contributed by atoms with Crippen molar-refractivity contribution in [3.05, 3.63) is 58.7 Å². The lowest BCUT2D eigenvalue weighted by Gasteiger charge is -2.19. The SMILES string of the molecule is CC[C@H](Oc1cc(C)cc(C)c1)C(=O)Nc1cc(C(=O)OC)ccc1C. The fourth-order valence-corrected chi connectivity index (χ4v) is 2.70.